The maximum Gasteiger partial charge on any atom is 0.308 e. The molecule has 28 heavy (non-hydrogen) atoms. The van der Waals surface area contributed by atoms with Gasteiger partial charge in [-0.15, -0.1) is 9.24 Å². The van der Waals surface area contributed by atoms with Crippen LogP contribution in [0.25, 0.3) is 0 Å². The van der Waals surface area contributed by atoms with Crippen molar-refractivity contribution in [1.29, 1.82) is 0 Å². The Balaban J connectivity index is 0.000000292. The zero-order valence-corrected chi connectivity index (χ0v) is 18.3. The molecule has 0 saturated carbocycles. The van der Waals surface area contributed by atoms with Crippen molar-refractivity contribution in [2.75, 3.05) is 6.61 Å². The van der Waals surface area contributed by atoms with Crippen LogP contribution in [0.2, 0.25) is 0 Å². The molecule has 0 bridgehead atoms. The number of hydrogen-bond donors (Lipinski definition) is 1. The minimum Gasteiger partial charge on any atom is -0.466 e. The molecule has 2 rings (SSSR count). The topological polar surface area (TPSA) is 80.7 Å². The lowest BCUT2D eigenvalue weighted by Gasteiger charge is -2.09. The first-order valence-corrected chi connectivity index (χ1v) is 11.4. The Morgan fingerprint density at radius 1 is 1.07 bits per heavy atom. The Labute approximate surface area is 170 Å². The van der Waals surface area contributed by atoms with Gasteiger partial charge in [-0.1, -0.05) is 67.6 Å². The van der Waals surface area contributed by atoms with Gasteiger partial charge in [0.05, 0.1) is 12.5 Å². The standard InChI is InChI=1S/C14H20O2.C7H9O3PS/c1-3-16-14(15)12(2)8-7-11-13-9-5-4-6-10-13;8-12(9,10)7(11)6-4-2-1-3-5-6/h4-6,9-10,12H,3,7-8,11H2,1-2H3;1-5,7H,11H2,(H,8,9,10). The van der Waals surface area contributed by atoms with Crippen LogP contribution in [-0.2, 0) is 26.1 Å². The molecule has 5 nitrogen and oxygen atoms in total. The summed E-state index contributed by atoms with van der Waals surface area (Å²) < 4.78 is 35.0. The first kappa shape index (κ1) is 24.3. The zero-order valence-electron chi connectivity index (χ0n) is 16.3. The molecule has 3 unspecified atom stereocenters. The molecule has 0 radical (unpaired) electrons. The van der Waals surface area contributed by atoms with Crippen LogP contribution in [0.15, 0.2) is 60.7 Å². The Hall–Kier alpha value is -1.75. The Morgan fingerprint density at radius 2 is 1.61 bits per heavy atom. The summed E-state index contributed by atoms with van der Waals surface area (Å²) >= 11 is 0. The molecule has 0 fully saturated rings. The predicted octanol–water partition coefficient (Wildman–Crippen LogP) is 4.66. The summed E-state index contributed by atoms with van der Waals surface area (Å²) in [4.78, 5) is 10.4. The van der Waals surface area contributed by atoms with Crippen molar-refractivity contribution in [3.63, 3.8) is 0 Å². The lowest BCUT2D eigenvalue weighted by atomic mass is 10.0. The van der Waals surface area contributed by atoms with E-state index in [9.17, 15) is 13.2 Å². The smallest absolute Gasteiger partial charge is 0.308 e. The normalized spacial score (nSPS) is 13.0. The van der Waals surface area contributed by atoms with Crippen molar-refractivity contribution < 1.29 is 22.5 Å². The van der Waals surface area contributed by atoms with Crippen LogP contribution in [0.5, 0.6) is 0 Å². The van der Waals surface area contributed by atoms with Crippen molar-refractivity contribution in [2.45, 2.75) is 38.1 Å². The van der Waals surface area contributed by atoms with Crippen LogP contribution < -0.4 is 0 Å². The quantitative estimate of drug-likeness (QED) is 0.379. The van der Waals surface area contributed by atoms with Gasteiger partial charge in [0, 0.05) is 0 Å². The number of rotatable bonds is 8. The molecular weight excluding hydrogens is 395 g/mol. The van der Waals surface area contributed by atoms with Crippen LogP contribution in [0.1, 0.15) is 42.8 Å². The summed E-state index contributed by atoms with van der Waals surface area (Å²) in [6.07, 6.45) is 2.96. The molecule has 0 heterocycles. The average Bonchev–Trinajstić information content (AvgIpc) is 2.69. The Kier molecular flexibility index (Phi) is 11.0. The summed E-state index contributed by atoms with van der Waals surface area (Å²) in [5.41, 5.74) is 1.89. The van der Waals surface area contributed by atoms with Crippen molar-refractivity contribution in [3.8, 4) is 0 Å². The molecule has 0 amide bonds. The number of hydrogen-bond acceptors (Lipinski definition) is 4. The van der Waals surface area contributed by atoms with Gasteiger partial charge in [-0.2, -0.15) is 8.42 Å². The summed E-state index contributed by atoms with van der Waals surface area (Å²) in [7, 11) is -1.91. The number of ether oxygens (including phenoxy) is 1. The van der Waals surface area contributed by atoms with E-state index in [1.807, 2.05) is 32.0 Å². The third-order valence-corrected chi connectivity index (χ3v) is 6.41. The van der Waals surface area contributed by atoms with Crippen molar-refractivity contribution in [1.82, 2.24) is 0 Å². The average molecular weight is 424 g/mol. The van der Waals surface area contributed by atoms with E-state index >= 15 is 0 Å². The van der Waals surface area contributed by atoms with E-state index in [-0.39, 0.29) is 11.9 Å². The number of benzene rings is 2. The molecule has 0 aromatic heterocycles. The summed E-state index contributed by atoms with van der Waals surface area (Å²) in [6.45, 7) is 4.25. The second kappa shape index (κ2) is 12.7. The number of aryl methyl sites for hydroxylation is 1. The molecule has 0 spiro atoms. The van der Waals surface area contributed by atoms with Crippen LogP contribution >= 0.6 is 9.24 Å². The lowest BCUT2D eigenvalue weighted by Crippen LogP contribution is -2.14. The van der Waals surface area contributed by atoms with Gasteiger partial charge < -0.3 is 4.74 Å². The molecule has 2 aromatic carbocycles. The Bertz CT molecular complexity index is 794. The molecule has 0 aliphatic rings. The minimum absolute atomic E-state index is 0.0173. The summed E-state index contributed by atoms with van der Waals surface area (Å²) in [5, 5.41) is 0. The van der Waals surface area contributed by atoms with Crippen LogP contribution in [-0.4, -0.2) is 25.5 Å². The fourth-order valence-electron chi connectivity index (χ4n) is 2.47. The van der Waals surface area contributed by atoms with Crippen molar-refractivity contribution in [3.05, 3.63) is 71.8 Å². The van der Waals surface area contributed by atoms with Gasteiger partial charge in [0.15, 0.2) is 0 Å². The number of esters is 1. The maximum absolute atomic E-state index is 11.4. The monoisotopic (exact) mass is 424 g/mol. The van der Waals surface area contributed by atoms with Gasteiger partial charge in [-0.25, -0.2) is 0 Å². The fourth-order valence-corrected chi connectivity index (χ4v) is 3.20. The molecule has 7 heteroatoms. The zero-order chi connectivity index (χ0) is 21.0. The van der Waals surface area contributed by atoms with E-state index in [4.69, 9.17) is 9.29 Å². The SMILES string of the molecule is CCOC(=O)C(C)CCCc1ccccc1.O=S(=O)(O)C(P)c1ccccc1. The second-order valence-corrected chi connectivity index (χ2v) is 9.06. The minimum atomic E-state index is -3.99. The lowest BCUT2D eigenvalue weighted by molar-refractivity contribution is -0.147. The first-order valence-electron chi connectivity index (χ1n) is 9.23. The summed E-state index contributed by atoms with van der Waals surface area (Å²) in [5.74, 6) is -0.0563. The van der Waals surface area contributed by atoms with E-state index < -0.39 is 15.1 Å². The molecule has 3 atom stereocenters. The van der Waals surface area contributed by atoms with Crippen LogP contribution in [0.4, 0.5) is 0 Å². The summed E-state index contributed by atoms with van der Waals surface area (Å²) in [6, 6.07) is 18.9. The highest BCUT2D eigenvalue weighted by atomic mass is 32.2. The highest BCUT2D eigenvalue weighted by Crippen LogP contribution is 2.27. The van der Waals surface area contributed by atoms with Gasteiger partial charge in [-0.3, -0.25) is 9.35 Å². The van der Waals surface area contributed by atoms with Gasteiger partial charge in [0.1, 0.15) is 4.99 Å². The second-order valence-electron chi connectivity index (χ2n) is 6.38. The van der Waals surface area contributed by atoms with E-state index in [0.717, 1.165) is 19.3 Å². The highest BCUT2D eigenvalue weighted by Gasteiger charge is 2.18. The van der Waals surface area contributed by atoms with Gasteiger partial charge in [-0.05, 0) is 37.3 Å². The van der Waals surface area contributed by atoms with Gasteiger partial charge in [0.2, 0.25) is 0 Å². The maximum atomic E-state index is 11.4. The molecule has 2 aromatic rings. The predicted molar refractivity (Wildman–Crippen MR) is 116 cm³/mol. The van der Waals surface area contributed by atoms with E-state index in [1.165, 1.54) is 5.56 Å². The molecule has 0 aliphatic heterocycles. The largest absolute Gasteiger partial charge is 0.466 e. The first-order chi connectivity index (χ1) is 13.3. The molecular formula is C21H29O5PS. The highest BCUT2D eigenvalue weighted by molar-refractivity contribution is 7.90. The Morgan fingerprint density at radius 3 is 2.11 bits per heavy atom. The number of carbonyl (C=O) groups is 1. The molecule has 154 valence electrons. The van der Waals surface area contributed by atoms with Crippen LogP contribution in [0, 0.1) is 5.92 Å². The fraction of sp³-hybridized carbons (Fsp3) is 0.381. The van der Waals surface area contributed by atoms with Crippen molar-refractivity contribution in [2.24, 2.45) is 5.92 Å². The van der Waals surface area contributed by atoms with E-state index in [2.05, 4.69) is 21.4 Å². The van der Waals surface area contributed by atoms with Gasteiger partial charge in [0.25, 0.3) is 10.1 Å². The van der Waals surface area contributed by atoms with Crippen LogP contribution in [0.3, 0.4) is 0 Å². The molecule has 0 aliphatic carbocycles. The third-order valence-electron chi connectivity index (χ3n) is 4.08. The van der Waals surface area contributed by atoms with E-state index in [0.29, 0.717) is 12.2 Å². The number of carbonyl (C=O) groups excluding carboxylic acids is 1. The van der Waals surface area contributed by atoms with Crippen molar-refractivity contribution >= 4 is 25.3 Å². The van der Waals surface area contributed by atoms with E-state index in [1.54, 1.807) is 30.3 Å². The molecule has 1 N–H and O–H groups in total. The van der Waals surface area contributed by atoms with Gasteiger partial charge >= 0.3 is 5.97 Å². The third kappa shape index (κ3) is 9.45. The molecule has 0 saturated heterocycles.